The smallest absolute Gasteiger partial charge is 0.237 e. The molecule has 30 heavy (non-hydrogen) atoms. The second kappa shape index (κ2) is 9.08. The van der Waals surface area contributed by atoms with Gasteiger partial charge in [-0.1, -0.05) is 23.9 Å². The molecular weight excluding hydrogens is 396 g/mol. The summed E-state index contributed by atoms with van der Waals surface area (Å²) >= 11 is 1.48. The highest BCUT2D eigenvalue weighted by molar-refractivity contribution is 8.00. The average Bonchev–Trinajstić information content (AvgIpc) is 2.77. The molecule has 4 rings (SSSR count). The number of hydrogen-bond acceptors (Lipinski definition) is 5. The first-order valence-electron chi connectivity index (χ1n) is 10.5. The molecule has 2 aliphatic rings. The molecule has 2 amide bonds. The van der Waals surface area contributed by atoms with Gasteiger partial charge in [-0.15, -0.1) is 0 Å². The van der Waals surface area contributed by atoms with Crippen LogP contribution in [0.3, 0.4) is 0 Å². The zero-order valence-corrected chi connectivity index (χ0v) is 18.5. The minimum atomic E-state index is 0.0927. The fourth-order valence-electron chi connectivity index (χ4n) is 4.09. The number of carbonyl (C=O) groups excluding carboxylic acids is 2. The van der Waals surface area contributed by atoms with Gasteiger partial charge in [0.2, 0.25) is 11.8 Å². The Kier molecular flexibility index (Phi) is 6.27. The number of fused-ring (bicyclic) bond motifs is 1. The van der Waals surface area contributed by atoms with E-state index >= 15 is 0 Å². The Balaban J connectivity index is 1.28. The third kappa shape index (κ3) is 4.46. The Morgan fingerprint density at radius 1 is 1.10 bits per heavy atom. The molecule has 0 spiro atoms. The number of aryl methyl sites for hydroxylation is 2. The second-order valence-corrected chi connectivity index (χ2v) is 8.89. The largest absolute Gasteiger partial charge is 0.368 e. The molecule has 1 saturated heterocycles. The van der Waals surface area contributed by atoms with Crippen molar-refractivity contribution in [3.63, 3.8) is 0 Å². The number of pyridine rings is 1. The van der Waals surface area contributed by atoms with Crippen LogP contribution in [0.2, 0.25) is 0 Å². The van der Waals surface area contributed by atoms with Crippen LogP contribution < -0.4 is 9.80 Å². The first-order valence-corrected chi connectivity index (χ1v) is 11.5. The van der Waals surface area contributed by atoms with E-state index in [-0.39, 0.29) is 11.8 Å². The van der Waals surface area contributed by atoms with Crippen molar-refractivity contribution in [3.8, 4) is 0 Å². The number of piperazine rings is 1. The summed E-state index contributed by atoms with van der Waals surface area (Å²) in [5, 5.41) is 0.894. The summed E-state index contributed by atoms with van der Waals surface area (Å²) in [6.07, 6.45) is 2.89. The predicted molar refractivity (Wildman–Crippen MR) is 121 cm³/mol. The van der Waals surface area contributed by atoms with Crippen LogP contribution >= 0.6 is 11.8 Å². The van der Waals surface area contributed by atoms with E-state index in [2.05, 4.69) is 41.9 Å². The van der Waals surface area contributed by atoms with Crippen LogP contribution in [-0.4, -0.2) is 60.2 Å². The van der Waals surface area contributed by atoms with Gasteiger partial charge in [-0.05, 0) is 49.6 Å². The molecule has 158 valence electrons. The molecule has 0 atom stereocenters. The van der Waals surface area contributed by atoms with Crippen molar-refractivity contribution in [3.05, 3.63) is 47.7 Å². The average molecular weight is 425 g/mol. The van der Waals surface area contributed by atoms with Crippen LogP contribution in [0.5, 0.6) is 0 Å². The topological polar surface area (TPSA) is 56.8 Å². The van der Waals surface area contributed by atoms with E-state index in [1.807, 2.05) is 17.0 Å². The Hall–Kier alpha value is -2.54. The molecule has 0 saturated carbocycles. The Morgan fingerprint density at radius 3 is 2.70 bits per heavy atom. The Morgan fingerprint density at radius 2 is 1.90 bits per heavy atom. The maximum Gasteiger partial charge on any atom is 0.237 e. The lowest BCUT2D eigenvalue weighted by atomic mass is 10.1. The second-order valence-electron chi connectivity index (χ2n) is 7.92. The zero-order chi connectivity index (χ0) is 21.1. The maximum absolute atomic E-state index is 12.7. The van der Waals surface area contributed by atoms with Gasteiger partial charge in [0.1, 0.15) is 5.03 Å². The number of hydrogen-bond donors (Lipinski definition) is 0. The third-order valence-corrected chi connectivity index (χ3v) is 6.76. The van der Waals surface area contributed by atoms with Gasteiger partial charge in [-0.25, -0.2) is 4.98 Å². The molecule has 1 fully saturated rings. The van der Waals surface area contributed by atoms with Crippen molar-refractivity contribution in [1.82, 2.24) is 9.88 Å². The van der Waals surface area contributed by atoms with E-state index in [0.29, 0.717) is 25.1 Å². The van der Waals surface area contributed by atoms with Crippen LogP contribution in [0, 0.1) is 13.8 Å². The van der Waals surface area contributed by atoms with E-state index in [9.17, 15) is 9.59 Å². The van der Waals surface area contributed by atoms with Crippen LogP contribution in [0.4, 0.5) is 11.4 Å². The van der Waals surface area contributed by atoms with E-state index in [1.165, 1.54) is 28.6 Å². The van der Waals surface area contributed by atoms with Gasteiger partial charge in [-0.3, -0.25) is 9.59 Å². The lowest BCUT2D eigenvalue weighted by molar-refractivity contribution is -0.131. The minimum absolute atomic E-state index is 0.0927. The first-order chi connectivity index (χ1) is 14.5. The highest BCUT2D eigenvalue weighted by atomic mass is 32.2. The van der Waals surface area contributed by atoms with Crippen molar-refractivity contribution in [2.45, 2.75) is 31.7 Å². The highest BCUT2D eigenvalue weighted by Crippen LogP contribution is 2.33. The quantitative estimate of drug-likeness (QED) is 0.737. The number of benzene rings is 1. The number of aromatic nitrogens is 1. The first kappa shape index (κ1) is 20.7. The molecule has 1 aromatic carbocycles. The number of carbonyl (C=O) groups is 2. The van der Waals surface area contributed by atoms with Gasteiger partial charge in [0.25, 0.3) is 0 Å². The molecule has 7 heteroatoms. The van der Waals surface area contributed by atoms with Gasteiger partial charge >= 0.3 is 0 Å². The molecule has 0 bridgehead atoms. The van der Waals surface area contributed by atoms with Crippen LogP contribution in [-0.2, 0) is 9.59 Å². The van der Waals surface area contributed by atoms with E-state index < -0.39 is 0 Å². The van der Waals surface area contributed by atoms with Crippen molar-refractivity contribution in [2.75, 3.05) is 48.3 Å². The summed E-state index contributed by atoms with van der Waals surface area (Å²) in [5.74, 6) is 0.689. The normalized spacial score (nSPS) is 16.6. The summed E-state index contributed by atoms with van der Waals surface area (Å²) in [6.45, 7) is 8.03. The van der Waals surface area contributed by atoms with Crippen molar-refractivity contribution >= 4 is 35.0 Å². The van der Waals surface area contributed by atoms with Crippen molar-refractivity contribution in [1.29, 1.82) is 0 Å². The third-order valence-electron chi connectivity index (χ3n) is 5.79. The lowest BCUT2D eigenvalue weighted by Gasteiger charge is -2.37. The summed E-state index contributed by atoms with van der Waals surface area (Å²) in [6, 6.07) is 10.3. The van der Waals surface area contributed by atoms with Gasteiger partial charge in [-0.2, -0.15) is 0 Å². The molecule has 0 N–H and O–H groups in total. The number of thioether (sulfide) groups is 1. The molecule has 6 nitrogen and oxygen atoms in total. The number of anilines is 2. The molecule has 0 aliphatic carbocycles. The summed E-state index contributed by atoms with van der Waals surface area (Å²) in [4.78, 5) is 35.5. The van der Waals surface area contributed by atoms with Crippen molar-refractivity contribution in [2.24, 2.45) is 0 Å². The molecule has 0 unspecified atom stereocenters. The van der Waals surface area contributed by atoms with Crippen LogP contribution in [0.25, 0.3) is 0 Å². The SMILES string of the molecule is Cc1ccc(C)c(N2CCN(C(=O)CCCN3C(=O)CSc4ncccc43)CC2)c1. The standard InChI is InChI=1S/C23H28N4O2S/c1-17-7-8-18(2)20(15-17)25-11-13-26(14-12-25)21(28)6-4-10-27-19-5-3-9-24-23(19)30-16-22(27)29/h3,5,7-9,15H,4,6,10-14,16H2,1-2H3. The van der Waals surface area contributed by atoms with Crippen LogP contribution in [0.1, 0.15) is 24.0 Å². The maximum atomic E-state index is 12.7. The summed E-state index contributed by atoms with van der Waals surface area (Å²) in [5.41, 5.74) is 4.68. The molecule has 2 aromatic rings. The molecule has 0 radical (unpaired) electrons. The van der Waals surface area contributed by atoms with Gasteiger partial charge in [0, 0.05) is 51.0 Å². The lowest BCUT2D eigenvalue weighted by Crippen LogP contribution is -2.49. The molecule has 2 aliphatic heterocycles. The predicted octanol–water partition coefficient (Wildman–Crippen LogP) is 3.27. The molecule has 3 heterocycles. The summed E-state index contributed by atoms with van der Waals surface area (Å²) < 4.78 is 0. The van der Waals surface area contributed by atoms with E-state index in [4.69, 9.17) is 0 Å². The summed E-state index contributed by atoms with van der Waals surface area (Å²) in [7, 11) is 0. The van der Waals surface area contributed by atoms with E-state index in [0.717, 1.165) is 36.9 Å². The molecule has 1 aromatic heterocycles. The fraction of sp³-hybridized carbons (Fsp3) is 0.435. The Labute approximate surface area is 182 Å². The fourth-order valence-corrected chi connectivity index (χ4v) is 4.97. The highest BCUT2D eigenvalue weighted by Gasteiger charge is 2.26. The van der Waals surface area contributed by atoms with Gasteiger partial charge in [0.15, 0.2) is 0 Å². The Bertz CT molecular complexity index is 941. The van der Waals surface area contributed by atoms with Crippen molar-refractivity contribution < 1.29 is 9.59 Å². The number of rotatable bonds is 5. The van der Waals surface area contributed by atoms with E-state index in [1.54, 1.807) is 11.1 Å². The monoisotopic (exact) mass is 424 g/mol. The number of nitrogens with zero attached hydrogens (tertiary/aromatic N) is 4. The zero-order valence-electron chi connectivity index (χ0n) is 17.6. The van der Waals surface area contributed by atoms with Gasteiger partial charge < -0.3 is 14.7 Å². The number of amides is 2. The van der Waals surface area contributed by atoms with Crippen LogP contribution in [0.15, 0.2) is 41.6 Å². The molecular formula is C23H28N4O2S. The minimum Gasteiger partial charge on any atom is -0.368 e. The van der Waals surface area contributed by atoms with Gasteiger partial charge in [0.05, 0.1) is 11.4 Å².